The molecular weight excluding hydrogens is 368 g/mol. The molecule has 0 aromatic rings. The molecule has 2 rings (SSSR count). The molecule has 6 atom stereocenters. The smallest absolute Gasteiger partial charge is 0.311 e. The van der Waals surface area contributed by atoms with Gasteiger partial charge in [-0.15, -0.1) is 0 Å². The van der Waals surface area contributed by atoms with Crippen LogP contribution in [0.5, 0.6) is 0 Å². The molecule has 0 radical (unpaired) electrons. The van der Waals surface area contributed by atoms with Crippen LogP contribution in [0, 0.1) is 29.1 Å². The van der Waals surface area contributed by atoms with Gasteiger partial charge in [-0.3, -0.25) is 9.59 Å². The predicted molar refractivity (Wildman–Crippen MR) is 113 cm³/mol. The predicted octanol–water partition coefficient (Wildman–Crippen LogP) is 4.89. The van der Waals surface area contributed by atoms with E-state index in [2.05, 4.69) is 13.8 Å². The highest BCUT2D eigenvalue weighted by molar-refractivity contribution is 5.75. The van der Waals surface area contributed by atoms with Crippen LogP contribution < -0.4 is 0 Å². The van der Waals surface area contributed by atoms with E-state index in [4.69, 9.17) is 9.47 Å². The van der Waals surface area contributed by atoms with Gasteiger partial charge in [0.2, 0.25) is 0 Å². The molecule has 1 saturated carbocycles. The first-order valence-electron chi connectivity index (χ1n) is 11.7. The minimum atomic E-state index is -0.578. The monoisotopic (exact) mass is 410 g/mol. The summed E-state index contributed by atoms with van der Waals surface area (Å²) in [4.78, 5) is 24.2. The number of aliphatic hydroxyl groups excluding tert-OH is 1. The number of carbonyl (C=O) groups excluding carboxylic acids is 2. The number of esters is 2. The molecule has 0 amide bonds. The number of rotatable bonds is 9. The Bertz CT molecular complexity index is 543. The van der Waals surface area contributed by atoms with Gasteiger partial charge >= 0.3 is 11.9 Å². The molecule has 5 heteroatoms. The van der Waals surface area contributed by atoms with Gasteiger partial charge in [0.25, 0.3) is 0 Å². The summed E-state index contributed by atoms with van der Waals surface area (Å²) in [5.41, 5.74) is -0.442. The van der Waals surface area contributed by atoms with Crippen LogP contribution in [0.25, 0.3) is 0 Å². The second-order valence-corrected chi connectivity index (χ2v) is 10.0. The quantitative estimate of drug-likeness (QED) is 0.548. The SMILES string of the molecule is CCC[C@@H]1CC[C@H](C)C(CCC2C[C@@H](O)CC(=O)O2)[C@H]1COC(=O)C(C)(C)CC. The van der Waals surface area contributed by atoms with E-state index in [0.29, 0.717) is 36.7 Å². The molecule has 29 heavy (non-hydrogen) atoms. The first-order valence-corrected chi connectivity index (χ1v) is 11.7. The molecule has 2 aliphatic rings. The van der Waals surface area contributed by atoms with Crippen molar-refractivity contribution in [2.45, 2.75) is 105 Å². The minimum Gasteiger partial charge on any atom is -0.465 e. The fraction of sp³-hybridized carbons (Fsp3) is 0.917. The van der Waals surface area contributed by atoms with Crippen molar-refractivity contribution in [1.82, 2.24) is 0 Å². The van der Waals surface area contributed by atoms with Gasteiger partial charge in [-0.05, 0) is 63.2 Å². The number of ether oxygens (including phenoxy) is 2. The van der Waals surface area contributed by atoms with Gasteiger partial charge in [0, 0.05) is 6.42 Å². The van der Waals surface area contributed by atoms with Crippen LogP contribution in [0.3, 0.4) is 0 Å². The molecule has 0 aromatic carbocycles. The molecule has 1 heterocycles. The molecule has 1 aliphatic carbocycles. The van der Waals surface area contributed by atoms with Gasteiger partial charge in [-0.25, -0.2) is 0 Å². The lowest BCUT2D eigenvalue weighted by atomic mass is 9.64. The van der Waals surface area contributed by atoms with Gasteiger partial charge in [-0.2, -0.15) is 0 Å². The van der Waals surface area contributed by atoms with Gasteiger partial charge in [0.05, 0.1) is 24.5 Å². The summed E-state index contributed by atoms with van der Waals surface area (Å²) in [5, 5.41) is 9.89. The van der Waals surface area contributed by atoms with Crippen LogP contribution >= 0.6 is 0 Å². The number of hydrogen-bond donors (Lipinski definition) is 1. The molecule has 1 aliphatic heterocycles. The fourth-order valence-electron chi connectivity index (χ4n) is 5.09. The zero-order chi connectivity index (χ0) is 21.6. The van der Waals surface area contributed by atoms with Gasteiger partial charge in [0.1, 0.15) is 6.10 Å². The van der Waals surface area contributed by atoms with Crippen LogP contribution in [0.1, 0.15) is 92.4 Å². The van der Waals surface area contributed by atoms with E-state index in [-0.39, 0.29) is 24.5 Å². The highest BCUT2D eigenvalue weighted by Gasteiger charge is 2.39. The largest absolute Gasteiger partial charge is 0.465 e. The van der Waals surface area contributed by atoms with Gasteiger partial charge < -0.3 is 14.6 Å². The Balaban J connectivity index is 2.04. The third-order valence-electron chi connectivity index (χ3n) is 7.44. The lowest BCUT2D eigenvalue weighted by Crippen LogP contribution is -2.39. The van der Waals surface area contributed by atoms with Crippen molar-refractivity contribution in [1.29, 1.82) is 0 Å². The fourth-order valence-corrected chi connectivity index (χ4v) is 5.09. The summed E-state index contributed by atoms with van der Waals surface area (Å²) in [6, 6.07) is 0. The maximum atomic E-state index is 12.6. The molecule has 0 aromatic heterocycles. The lowest BCUT2D eigenvalue weighted by molar-refractivity contribution is -0.162. The van der Waals surface area contributed by atoms with Crippen LogP contribution in [-0.4, -0.2) is 35.9 Å². The van der Waals surface area contributed by atoms with Crippen molar-refractivity contribution < 1.29 is 24.2 Å². The summed E-state index contributed by atoms with van der Waals surface area (Å²) in [6.45, 7) is 10.9. The molecular formula is C24H42O5. The van der Waals surface area contributed by atoms with E-state index in [1.807, 2.05) is 20.8 Å². The summed E-state index contributed by atoms with van der Waals surface area (Å²) in [6.07, 6.45) is 7.09. The van der Waals surface area contributed by atoms with Crippen molar-refractivity contribution in [3.05, 3.63) is 0 Å². The third-order valence-corrected chi connectivity index (χ3v) is 7.44. The Morgan fingerprint density at radius 3 is 2.52 bits per heavy atom. The maximum Gasteiger partial charge on any atom is 0.311 e. The zero-order valence-corrected chi connectivity index (χ0v) is 19.1. The highest BCUT2D eigenvalue weighted by Crippen LogP contribution is 2.44. The van der Waals surface area contributed by atoms with Crippen molar-refractivity contribution in [2.75, 3.05) is 6.61 Å². The second-order valence-electron chi connectivity index (χ2n) is 10.0. The topological polar surface area (TPSA) is 72.8 Å². The molecule has 0 bridgehead atoms. The van der Waals surface area contributed by atoms with Crippen LogP contribution in [0.15, 0.2) is 0 Å². The van der Waals surface area contributed by atoms with E-state index < -0.39 is 11.5 Å². The average molecular weight is 411 g/mol. The normalized spacial score (nSPS) is 33.2. The van der Waals surface area contributed by atoms with Crippen molar-refractivity contribution in [2.24, 2.45) is 29.1 Å². The van der Waals surface area contributed by atoms with E-state index in [9.17, 15) is 14.7 Å². The summed E-state index contributed by atoms with van der Waals surface area (Å²) >= 11 is 0. The van der Waals surface area contributed by atoms with Crippen molar-refractivity contribution in [3.8, 4) is 0 Å². The standard InChI is InChI=1S/C24H42O5/c1-6-8-17-10-9-16(3)20(12-11-19-13-18(25)14-22(26)29-19)21(17)15-28-23(27)24(4,5)7-2/h16-21,25H,6-15H2,1-5H3/t16-,17+,18+,19?,20?,21-/m0/s1. The van der Waals surface area contributed by atoms with Gasteiger partial charge in [-0.1, -0.05) is 40.0 Å². The van der Waals surface area contributed by atoms with Crippen molar-refractivity contribution in [3.63, 3.8) is 0 Å². The van der Waals surface area contributed by atoms with Crippen LogP contribution in [0.2, 0.25) is 0 Å². The van der Waals surface area contributed by atoms with Crippen LogP contribution in [0.4, 0.5) is 0 Å². The Kier molecular flexibility index (Phi) is 8.99. The van der Waals surface area contributed by atoms with E-state index in [1.54, 1.807) is 0 Å². The molecule has 2 fully saturated rings. The maximum absolute atomic E-state index is 12.6. The molecule has 168 valence electrons. The molecule has 5 nitrogen and oxygen atoms in total. The molecule has 0 spiro atoms. The molecule has 2 unspecified atom stereocenters. The highest BCUT2D eigenvalue weighted by atomic mass is 16.5. The lowest BCUT2D eigenvalue weighted by Gasteiger charge is -2.43. The van der Waals surface area contributed by atoms with Crippen molar-refractivity contribution >= 4 is 11.9 Å². The van der Waals surface area contributed by atoms with E-state index in [1.165, 1.54) is 19.3 Å². The Hall–Kier alpha value is -1.10. The zero-order valence-electron chi connectivity index (χ0n) is 19.1. The third kappa shape index (κ3) is 6.70. The first-order chi connectivity index (χ1) is 13.7. The Morgan fingerprint density at radius 1 is 1.17 bits per heavy atom. The number of cyclic esters (lactones) is 1. The summed E-state index contributed by atoms with van der Waals surface area (Å²) < 4.78 is 11.3. The van der Waals surface area contributed by atoms with E-state index in [0.717, 1.165) is 25.7 Å². The number of aliphatic hydroxyl groups is 1. The van der Waals surface area contributed by atoms with Gasteiger partial charge in [0.15, 0.2) is 0 Å². The average Bonchev–Trinajstić information content (AvgIpc) is 2.66. The number of hydrogen-bond acceptors (Lipinski definition) is 5. The Labute approximate surface area is 176 Å². The summed E-state index contributed by atoms with van der Waals surface area (Å²) in [7, 11) is 0. The Morgan fingerprint density at radius 2 is 1.90 bits per heavy atom. The van der Waals surface area contributed by atoms with Crippen LogP contribution in [-0.2, 0) is 19.1 Å². The molecule has 1 saturated heterocycles. The van der Waals surface area contributed by atoms with E-state index >= 15 is 0 Å². The number of carbonyl (C=O) groups is 2. The minimum absolute atomic E-state index is 0.100. The second kappa shape index (κ2) is 10.8. The molecule has 1 N–H and O–H groups in total. The summed E-state index contributed by atoms with van der Waals surface area (Å²) in [5.74, 6) is 1.57. The first kappa shape index (κ1) is 24.2.